The van der Waals surface area contributed by atoms with Gasteiger partial charge in [-0.1, -0.05) is 30.7 Å². The third-order valence-electron chi connectivity index (χ3n) is 3.61. The first-order valence-corrected chi connectivity index (χ1v) is 10.3. The van der Waals surface area contributed by atoms with Crippen LogP contribution in [-0.4, -0.2) is 20.2 Å². The summed E-state index contributed by atoms with van der Waals surface area (Å²) < 4.78 is 26.0. The molecule has 0 saturated heterocycles. The van der Waals surface area contributed by atoms with Gasteiger partial charge in [-0.3, -0.25) is 4.72 Å². The molecule has 0 saturated carbocycles. The highest BCUT2D eigenvalue weighted by Gasteiger charge is 2.11. The van der Waals surface area contributed by atoms with Crippen LogP contribution in [0.3, 0.4) is 0 Å². The summed E-state index contributed by atoms with van der Waals surface area (Å²) in [4.78, 5) is 12.1. The number of halogens is 1. The molecule has 0 bridgehead atoms. The largest absolute Gasteiger partial charge is 0.331 e. The standard InChI is InChI=1S/C18H22ClN3O3S/c1-3-12-26(24,25)22-17-10-8-16(9-11-17)21-18(23)20-13(2)14-4-6-15(19)7-5-14/h4-11,13,22H,3,12H2,1-2H3,(H2,20,21,23). The van der Waals surface area contributed by atoms with E-state index >= 15 is 0 Å². The van der Waals surface area contributed by atoms with Crippen LogP contribution in [0.25, 0.3) is 0 Å². The fourth-order valence-electron chi connectivity index (χ4n) is 2.32. The van der Waals surface area contributed by atoms with E-state index in [1.54, 1.807) is 43.3 Å². The molecule has 6 nitrogen and oxygen atoms in total. The lowest BCUT2D eigenvalue weighted by atomic mass is 10.1. The Morgan fingerprint density at radius 1 is 1.04 bits per heavy atom. The van der Waals surface area contributed by atoms with Gasteiger partial charge in [0.1, 0.15) is 0 Å². The van der Waals surface area contributed by atoms with E-state index in [0.717, 1.165) is 5.56 Å². The first-order chi connectivity index (χ1) is 12.3. The van der Waals surface area contributed by atoms with Crippen LogP contribution in [0, 0.1) is 0 Å². The topological polar surface area (TPSA) is 87.3 Å². The number of benzene rings is 2. The molecule has 0 aliphatic carbocycles. The summed E-state index contributed by atoms with van der Waals surface area (Å²) in [7, 11) is -3.33. The summed E-state index contributed by atoms with van der Waals surface area (Å²) >= 11 is 5.86. The van der Waals surface area contributed by atoms with Crippen molar-refractivity contribution in [1.82, 2.24) is 5.32 Å². The highest BCUT2D eigenvalue weighted by molar-refractivity contribution is 7.92. The van der Waals surface area contributed by atoms with Gasteiger partial charge in [-0.05, 0) is 55.3 Å². The van der Waals surface area contributed by atoms with E-state index in [1.807, 2.05) is 19.1 Å². The number of urea groups is 1. The van der Waals surface area contributed by atoms with Crippen molar-refractivity contribution in [3.05, 3.63) is 59.1 Å². The molecular formula is C18H22ClN3O3S. The van der Waals surface area contributed by atoms with Crippen LogP contribution in [0.4, 0.5) is 16.2 Å². The third kappa shape index (κ3) is 6.24. The van der Waals surface area contributed by atoms with Crippen LogP contribution in [0.15, 0.2) is 48.5 Å². The molecule has 2 amide bonds. The normalized spacial score (nSPS) is 12.3. The number of sulfonamides is 1. The molecule has 0 fully saturated rings. The molecule has 0 spiro atoms. The van der Waals surface area contributed by atoms with Crippen LogP contribution in [0.5, 0.6) is 0 Å². The summed E-state index contributed by atoms with van der Waals surface area (Å²) in [6.45, 7) is 3.67. The fourth-order valence-corrected chi connectivity index (χ4v) is 3.58. The second kappa shape index (κ2) is 8.91. The van der Waals surface area contributed by atoms with Crippen molar-refractivity contribution in [2.24, 2.45) is 0 Å². The maximum atomic E-state index is 12.1. The van der Waals surface area contributed by atoms with Crippen molar-refractivity contribution in [3.63, 3.8) is 0 Å². The van der Waals surface area contributed by atoms with E-state index in [4.69, 9.17) is 11.6 Å². The zero-order valence-corrected chi connectivity index (χ0v) is 16.2. The average Bonchev–Trinajstić information content (AvgIpc) is 2.56. The number of nitrogens with one attached hydrogen (secondary N) is 3. The minimum Gasteiger partial charge on any atom is -0.331 e. The third-order valence-corrected chi connectivity index (χ3v) is 5.35. The molecule has 3 N–H and O–H groups in total. The van der Waals surface area contributed by atoms with Gasteiger partial charge >= 0.3 is 6.03 Å². The molecule has 1 unspecified atom stereocenters. The SMILES string of the molecule is CCCS(=O)(=O)Nc1ccc(NC(=O)NC(C)c2ccc(Cl)cc2)cc1. The molecule has 0 heterocycles. The highest BCUT2D eigenvalue weighted by atomic mass is 35.5. The van der Waals surface area contributed by atoms with Gasteiger partial charge in [-0.25, -0.2) is 13.2 Å². The number of anilines is 2. The summed E-state index contributed by atoms with van der Waals surface area (Å²) in [5, 5.41) is 6.18. The van der Waals surface area contributed by atoms with Crippen LogP contribution in [0.1, 0.15) is 31.9 Å². The summed E-state index contributed by atoms with van der Waals surface area (Å²) in [6, 6.07) is 13.2. The Hall–Kier alpha value is -2.25. The molecule has 26 heavy (non-hydrogen) atoms. The molecule has 2 rings (SSSR count). The molecule has 0 aliphatic heterocycles. The fraction of sp³-hybridized carbons (Fsp3) is 0.278. The van der Waals surface area contributed by atoms with Crippen molar-refractivity contribution in [2.45, 2.75) is 26.3 Å². The van der Waals surface area contributed by atoms with Gasteiger partial charge in [0, 0.05) is 16.4 Å². The van der Waals surface area contributed by atoms with Crippen molar-refractivity contribution < 1.29 is 13.2 Å². The minimum absolute atomic E-state index is 0.0675. The van der Waals surface area contributed by atoms with Crippen LogP contribution in [0.2, 0.25) is 5.02 Å². The van der Waals surface area contributed by atoms with Crippen LogP contribution < -0.4 is 15.4 Å². The van der Waals surface area contributed by atoms with E-state index < -0.39 is 10.0 Å². The van der Waals surface area contributed by atoms with Gasteiger partial charge in [-0.15, -0.1) is 0 Å². The minimum atomic E-state index is -3.33. The molecule has 8 heteroatoms. The highest BCUT2D eigenvalue weighted by Crippen LogP contribution is 2.17. The molecule has 1 atom stereocenters. The van der Waals surface area contributed by atoms with Crippen LogP contribution in [-0.2, 0) is 10.0 Å². The second-order valence-electron chi connectivity index (χ2n) is 5.87. The molecule has 2 aromatic rings. The number of hydrogen-bond acceptors (Lipinski definition) is 3. The van der Waals surface area contributed by atoms with Crippen molar-refractivity contribution in [2.75, 3.05) is 15.8 Å². The Morgan fingerprint density at radius 3 is 2.19 bits per heavy atom. The van der Waals surface area contributed by atoms with Gasteiger partial charge in [0.2, 0.25) is 10.0 Å². The van der Waals surface area contributed by atoms with E-state index in [0.29, 0.717) is 22.8 Å². The first kappa shape index (κ1) is 20.1. The lowest BCUT2D eigenvalue weighted by molar-refractivity contribution is 0.249. The van der Waals surface area contributed by atoms with Gasteiger partial charge < -0.3 is 10.6 Å². The predicted octanol–water partition coefficient (Wildman–Crippen LogP) is 4.37. The number of rotatable bonds is 7. The lowest BCUT2D eigenvalue weighted by Gasteiger charge is -2.15. The molecule has 0 radical (unpaired) electrons. The van der Waals surface area contributed by atoms with E-state index in [-0.39, 0.29) is 17.8 Å². The number of carbonyl (C=O) groups is 1. The number of carbonyl (C=O) groups excluding carboxylic acids is 1. The summed E-state index contributed by atoms with van der Waals surface area (Å²) in [5.41, 5.74) is 1.95. The Bertz CT molecular complexity index is 837. The van der Waals surface area contributed by atoms with Gasteiger partial charge in [0.05, 0.1) is 11.8 Å². The predicted molar refractivity (Wildman–Crippen MR) is 106 cm³/mol. The second-order valence-corrected chi connectivity index (χ2v) is 8.15. The lowest BCUT2D eigenvalue weighted by Crippen LogP contribution is -2.31. The van der Waals surface area contributed by atoms with Gasteiger partial charge in [0.15, 0.2) is 0 Å². The maximum Gasteiger partial charge on any atom is 0.319 e. The van der Waals surface area contributed by atoms with Crippen molar-refractivity contribution >= 4 is 39.0 Å². The Labute approximate surface area is 159 Å². The Balaban J connectivity index is 1.91. The van der Waals surface area contributed by atoms with E-state index in [9.17, 15) is 13.2 Å². The first-order valence-electron chi connectivity index (χ1n) is 8.22. The van der Waals surface area contributed by atoms with E-state index in [1.165, 1.54) is 0 Å². The number of amides is 2. The van der Waals surface area contributed by atoms with Crippen molar-refractivity contribution in [3.8, 4) is 0 Å². The van der Waals surface area contributed by atoms with Crippen molar-refractivity contribution in [1.29, 1.82) is 0 Å². The molecule has 2 aromatic carbocycles. The summed E-state index contributed by atoms with van der Waals surface area (Å²) in [5.74, 6) is 0.0675. The smallest absolute Gasteiger partial charge is 0.319 e. The quantitative estimate of drug-likeness (QED) is 0.650. The van der Waals surface area contributed by atoms with Gasteiger partial charge in [-0.2, -0.15) is 0 Å². The average molecular weight is 396 g/mol. The molecular weight excluding hydrogens is 374 g/mol. The Morgan fingerprint density at radius 2 is 1.62 bits per heavy atom. The Kier molecular flexibility index (Phi) is 6.88. The van der Waals surface area contributed by atoms with Gasteiger partial charge in [0.25, 0.3) is 0 Å². The zero-order valence-electron chi connectivity index (χ0n) is 14.6. The molecule has 0 aliphatic rings. The molecule has 0 aromatic heterocycles. The van der Waals surface area contributed by atoms with Crippen LogP contribution >= 0.6 is 11.6 Å². The van der Waals surface area contributed by atoms with E-state index in [2.05, 4.69) is 15.4 Å². The number of hydrogen-bond donors (Lipinski definition) is 3. The maximum absolute atomic E-state index is 12.1. The zero-order chi connectivity index (χ0) is 19.2. The summed E-state index contributed by atoms with van der Waals surface area (Å²) in [6.07, 6.45) is 0.543. The monoisotopic (exact) mass is 395 g/mol. The molecule has 140 valence electrons.